The number of carbonyl (C=O) groups is 2. The van der Waals surface area contributed by atoms with Gasteiger partial charge in [0.1, 0.15) is 18.2 Å². The highest BCUT2D eigenvalue weighted by molar-refractivity contribution is 5.92. The molecule has 35 heavy (non-hydrogen) atoms. The molecule has 0 aromatic carbocycles. The molecule has 1 saturated carbocycles. The first kappa shape index (κ1) is 23.3. The minimum Gasteiger partial charge on any atom is -0.354 e. The molecule has 1 aliphatic carbocycles. The number of nitrogens with zero attached hydrogens (tertiary/aromatic N) is 5. The van der Waals surface area contributed by atoms with Crippen molar-refractivity contribution in [2.24, 2.45) is 5.92 Å². The number of amides is 2. The van der Waals surface area contributed by atoms with Gasteiger partial charge in [-0.25, -0.2) is 23.1 Å². The lowest BCUT2D eigenvalue weighted by atomic mass is 9.72. The van der Waals surface area contributed by atoms with Gasteiger partial charge in [-0.1, -0.05) is 0 Å². The van der Waals surface area contributed by atoms with Gasteiger partial charge in [0.25, 0.3) is 5.91 Å². The van der Waals surface area contributed by atoms with Crippen molar-refractivity contribution >= 4 is 29.3 Å². The van der Waals surface area contributed by atoms with Crippen LogP contribution in [-0.4, -0.2) is 76.2 Å². The van der Waals surface area contributed by atoms with E-state index in [1.165, 1.54) is 13.2 Å². The monoisotopic (exact) mass is 489 g/mol. The van der Waals surface area contributed by atoms with E-state index in [1.54, 1.807) is 12.3 Å². The normalized spacial score (nSPS) is 27.4. The number of piperazine rings is 1. The highest BCUT2D eigenvalue weighted by Crippen LogP contribution is 2.44. The highest BCUT2D eigenvalue weighted by Gasteiger charge is 2.53. The van der Waals surface area contributed by atoms with Crippen LogP contribution in [0.1, 0.15) is 36.2 Å². The molecule has 2 aromatic heterocycles. The third-order valence-electron chi connectivity index (χ3n) is 7.05. The van der Waals surface area contributed by atoms with E-state index in [0.29, 0.717) is 24.6 Å². The van der Waals surface area contributed by atoms with Gasteiger partial charge in [-0.3, -0.25) is 9.59 Å². The molecule has 0 radical (unpaired) electrons. The molecule has 0 spiro atoms. The zero-order valence-corrected chi connectivity index (χ0v) is 19.2. The Hall–Kier alpha value is -3.44. The number of nitrogens with one attached hydrogen (secondary N) is 2. The number of halogens is 3. The van der Waals surface area contributed by atoms with E-state index in [9.17, 15) is 22.8 Å². The first-order valence-electron chi connectivity index (χ1n) is 11.6. The van der Waals surface area contributed by atoms with Crippen molar-refractivity contribution in [2.45, 2.75) is 43.4 Å². The quantitative estimate of drug-likeness (QED) is 0.642. The molecule has 12 heteroatoms. The van der Waals surface area contributed by atoms with Crippen LogP contribution in [0, 0.1) is 11.7 Å². The molecule has 5 rings (SSSR count). The first-order valence-corrected chi connectivity index (χ1v) is 11.6. The van der Waals surface area contributed by atoms with Gasteiger partial charge < -0.3 is 20.4 Å². The lowest BCUT2D eigenvalue weighted by Gasteiger charge is -2.46. The molecule has 3 aliphatic rings. The second-order valence-electron chi connectivity index (χ2n) is 9.42. The Labute approximate surface area is 200 Å². The maximum atomic E-state index is 14.2. The summed E-state index contributed by atoms with van der Waals surface area (Å²) < 4.78 is 41.0. The highest BCUT2D eigenvalue weighted by atomic mass is 19.2. The van der Waals surface area contributed by atoms with Crippen LogP contribution < -0.4 is 15.5 Å². The second-order valence-corrected chi connectivity index (χ2v) is 9.42. The Morgan fingerprint density at radius 3 is 2.54 bits per heavy atom. The summed E-state index contributed by atoms with van der Waals surface area (Å²) in [7, 11) is 1.39. The zero-order chi connectivity index (χ0) is 24.7. The van der Waals surface area contributed by atoms with Crippen LogP contribution in [0.2, 0.25) is 0 Å². The van der Waals surface area contributed by atoms with Crippen LogP contribution in [0.15, 0.2) is 24.5 Å². The standard InChI is InChI=1S/C23H26F3N7O2/c1-27-20(34)19-17(25)6-14(9-29-19)30-22-28-5-4-18(31-22)32-10-15-2-3-16(11-32)33(15)21(35)13-7-23(26,8-13)12-24/h4-6,9,13,15-16H,2-3,7-8,10-12H2,1H3,(H,27,34)(H,28,30,31)/t13?,15-,16+,23?. The van der Waals surface area contributed by atoms with E-state index in [0.717, 1.165) is 18.9 Å². The smallest absolute Gasteiger partial charge is 0.272 e. The number of fused-ring (bicyclic) bond motifs is 2. The lowest BCUT2D eigenvalue weighted by molar-refractivity contribution is -0.149. The number of alkyl halides is 2. The third-order valence-corrected chi connectivity index (χ3v) is 7.05. The largest absolute Gasteiger partial charge is 0.354 e. The zero-order valence-electron chi connectivity index (χ0n) is 19.2. The number of hydrogen-bond acceptors (Lipinski definition) is 7. The lowest BCUT2D eigenvalue weighted by Crippen LogP contribution is -2.60. The predicted octanol–water partition coefficient (Wildman–Crippen LogP) is 2.38. The number of hydrogen-bond donors (Lipinski definition) is 2. The van der Waals surface area contributed by atoms with Crippen molar-refractivity contribution in [1.29, 1.82) is 0 Å². The Kier molecular flexibility index (Phi) is 5.97. The molecular weight excluding hydrogens is 463 g/mol. The molecule has 2 amide bonds. The van der Waals surface area contributed by atoms with Crippen LogP contribution in [0.5, 0.6) is 0 Å². The molecule has 3 fully saturated rings. The Morgan fingerprint density at radius 2 is 1.91 bits per heavy atom. The molecule has 0 unspecified atom stereocenters. The summed E-state index contributed by atoms with van der Waals surface area (Å²) >= 11 is 0. The molecule has 2 saturated heterocycles. The summed E-state index contributed by atoms with van der Waals surface area (Å²) in [6.07, 6.45) is 4.53. The van der Waals surface area contributed by atoms with Crippen LogP contribution in [0.4, 0.5) is 30.6 Å². The molecule has 2 bridgehead atoms. The third kappa shape index (κ3) is 4.37. The van der Waals surface area contributed by atoms with Crippen molar-refractivity contribution in [3.63, 3.8) is 0 Å². The first-order chi connectivity index (χ1) is 16.8. The van der Waals surface area contributed by atoms with Gasteiger partial charge in [0.05, 0.1) is 11.9 Å². The summed E-state index contributed by atoms with van der Waals surface area (Å²) in [4.78, 5) is 41.1. The van der Waals surface area contributed by atoms with Gasteiger partial charge in [0.15, 0.2) is 11.5 Å². The molecule has 2 atom stereocenters. The average molecular weight is 490 g/mol. The Balaban J connectivity index is 1.25. The van der Waals surface area contributed by atoms with Gasteiger partial charge in [0, 0.05) is 50.4 Å². The summed E-state index contributed by atoms with van der Waals surface area (Å²) in [6.45, 7) is 0.112. The van der Waals surface area contributed by atoms with Crippen molar-refractivity contribution in [2.75, 3.05) is 37.0 Å². The molecule has 186 valence electrons. The summed E-state index contributed by atoms with van der Waals surface area (Å²) in [6, 6.07) is 2.89. The van der Waals surface area contributed by atoms with Crippen LogP contribution in [-0.2, 0) is 4.79 Å². The van der Waals surface area contributed by atoms with Crippen molar-refractivity contribution in [3.8, 4) is 0 Å². The molecule has 9 nitrogen and oxygen atoms in total. The summed E-state index contributed by atoms with van der Waals surface area (Å²) in [5, 5.41) is 5.23. The van der Waals surface area contributed by atoms with Crippen molar-refractivity contribution in [1.82, 2.24) is 25.2 Å². The number of anilines is 3. The summed E-state index contributed by atoms with van der Waals surface area (Å²) in [5.74, 6) is -1.01. The van der Waals surface area contributed by atoms with Crippen molar-refractivity contribution < 1.29 is 22.8 Å². The fourth-order valence-corrected chi connectivity index (χ4v) is 5.27. The van der Waals surface area contributed by atoms with Crippen LogP contribution in [0.25, 0.3) is 0 Å². The van der Waals surface area contributed by atoms with Gasteiger partial charge in [0.2, 0.25) is 11.9 Å². The SMILES string of the molecule is CNC(=O)c1ncc(Nc2nccc(N3C[C@H]4CC[C@@H](C3)N4C(=O)C3CC(F)(CF)C3)n2)cc1F. The van der Waals surface area contributed by atoms with Crippen LogP contribution in [0.3, 0.4) is 0 Å². The molecular formula is C23H26F3N7O2. The average Bonchev–Trinajstić information content (AvgIpc) is 3.10. The van der Waals surface area contributed by atoms with Gasteiger partial charge in [-0.15, -0.1) is 0 Å². The number of pyridine rings is 1. The number of rotatable bonds is 6. The fourth-order valence-electron chi connectivity index (χ4n) is 5.27. The van der Waals surface area contributed by atoms with Gasteiger partial charge in [-0.2, -0.15) is 4.98 Å². The summed E-state index contributed by atoms with van der Waals surface area (Å²) in [5.41, 5.74) is -1.85. The second kappa shape index (κ2) is 8.97. The number of carbonyl (C=O) groups excluding carboxylic acids is 2. The minimum atomic E-state index is -1.84. The maximum absolute atomic E-state index is 14.2. The molecule has 4 heterocycles. The number of aromatic nitrogens is 3. The fraction of sp³-hybridized carbons (Fsp3) is 0.522. The van der Waals surface area contributed by atoms with E-state index >= 15 is 0 Å². The topological polar surface area (TPSA) is 103 Å². The van der Waals surface area contributed by atoms with Crippen molar-refractivity contribution in [3.05, 3.63) is 36.0 Å². The predicted molar refractivity (Wildman–Crippen MR) is 121 cm³/mol. The van der Waals surface area contributed by atoms with Gasteiger partial charge >= 0.3 is 0 Å². The molecule has 2 aliphatic heterocycles. The Bertz CT molecular complexity index is 1130. The van der Waals surface area contributed by atoms with E-state index in [1.807, 2.05) is 4.90 Å². The minimum absolute atomic E-state index is 0.0110. The van der Waals surface area contributed by atoms with E-state index in [-0.39, 0.29) is 42.5 Å². The maximum Gasteiger partial charge on any atom is 0.272 e. The van der Waals surface area contributed by atoms with E-state index < -0.39 is 30.0 Å². The van der Waals surface area contributed by atoms with E-state index in [4.69, 9.17) is 0 Å². The van der Waals surface area contributed by atoms with Gasteiger partial charge in [-0.05, 0) is 31.7 Å². The molecule has 2 N–H and O–H groups in total. The van der Waals surface area contributed by atoms with Crippen LogP contribution >= 0.6 is 0 Å². The van der Waals surface area contributed by atoms with E-state index in [2.05, 4.69) is 30.5 Å². The Morgan fingerprint density at radius 1 is 1.20 bits per heavy atom. The molecule has 2 aromatic rings.